The summed E-state index contributed by atoms with van der Waals surface area (Å²) < 4.78 is 3.37. The maximum Gasteiger partial charge on any atom is 0.250 e. The topological polar surface area (TPSA) is 64.7 Å². The second-order valence-electron chi connectivity index (χ2n) is 6.74. The van der Waals surface area contributed by atoms with Crippen molar-refractivity contribution in [2.45, 2.75) is 26.4 Å². The Balaban J connectivity index is 1.47. The number of nitrogens with one attached hydrogen (secondary N) is 1. The molecule has 2 heterocycles. The Morgan fingerprint density at radius 3 is 2.71 bits per heavy atom. The zero-order valence-electron chi connectivity index (χ0n) is 15.6. The molecule has 1 amide bonds. The van der Waals surface area contributed by atoms with E-state index in [9.17, 15) is 4.79 Å². The summed E-state index contributed by atoms with van der Waals surface area (Å²) in [6.45, 7) is 4.20. The molecule has 1 atom stereocenters. The quantitative estimate of drug-likeness (QED) is 0.545. The molecule has 0 bridgehead atoms. The van der Waals surface area contributed by atoms with Crippen LogP contribution in [0.4, 0.5) is 5.82 Å². The molecule has 142 valence electrons. The van der Waals surface area contributed by atoms with E-state index in [1.807, 2.05) is 29.1 Å². The first-order chi connectivity index (χ1) is 13.5. The fourth-order valence-electron chi connectivity index (χ4n) is 3.13. The highest BCUT2D eigenvalue weighted by molar-refractivity contribution is 6.31. The Kier molecular flexibility index (Phi) is 4.88. The molecule has 0 aliphatic carbocycles. The summed E-state index contributed by atoms with van der Waals surface area (Å²) in [5, 5.41) is 14.5. The number of aromatic nitrogens is 4. The van der Waals surface area contributed by atoms with Gasteiger partial charge in [-0.3, -0.25) is 14.2 Å². The van der Waals surface area contributed by atoms with E-state index in [0.29, 0.717) is 23.1 Å². The van der Waals surface area contributed by atoms with Gasteiger partial charge in [0, 0.05) is 18.5 Å². The number of fused-ring (bicyclic) bond motifs is 1. The monoisotopic (exact) mass is 393 g/mol. The molecule has 0 saturated carbocycles. The van der Waals surface area contributed by atoms with Gasteiger partial charge < -0.3 is 5.32 Å². The van der Waals surface area contributed by atoms with Gasteiger partial charge in [0.05, 0.1) is 17.3 Å². The second-order valence-corrected chi connectivity index (χ2v) is 7.15. The Morgan fingerprint density at radius 1 is 1.14 bits per heavy atom. The Morgan fingerprint density at radius 2 is 1.93 bits per heavy atom. The van der Waals surface area contributed by atoms with Crippen molar-refractivity contribution in [3.8, 4) is 0 Å². The van der Waals surface area contributed by atoms with Crippen LogP contribution in [-0.2, 0) is 11.3 Å². The van der Waals surface area contributed by atoms with Gasteiger partial charge in [0.15, 0.2) is 5.82 Å². The van der Waals surface area contributed by atoms with Crippen molar-refractivity contribution in [2.24, 2.45) is 0 Å². The van der Waals surface area contributed by atoms with Crippen LogP contribution in [-0.4, -0.2) is 25.5 Å². The van der Waals surface area contributed by atoms with Gasteiger partial charge in [-0.2, -0.15) is 10.2 Å². The fraction of sp³-hybridized carbons (Fsp3) is 0.190. The molecule has 7 heteroatoms. The van der Waals surface area contributed by atoms with Gasteiger partial charge >= 0.3 is 0 Å². The highest BCUT2D eigenvalue weighted by atomic mass is 35.5. The number of hydrogen-bond donors (Lipinski definition) is 1. The average Bonchev–Trinajstić information content (AvgIpc) is 3.27. The highest BCUT2D eigenvalue weighted by Crippen LogP contribution is 2.20. The van der Waals surface area contributed by atoms with Crippen LogP contribution in [0.3, 0.4) is 0 Å². The van der Waals surface area contributed by atoms with Crippen LogP contribution >= 0.6 is 11.6 Å². The Labute approximate surface area is 167 Å². The minimum atomic E-state index is -0.491. The summed E-state index contributed by atoms with van der Waals surface area (Å²) in [4.78, 5) is 12.5. The van der Waals surface area contributed by atoms with Gasteiger partial charge in [-0.1, -0.05) is 54.1 Å². The summed E-state index contributed by atoms with van der Waals surface area (Å²) in [6, 6.07) is 15.8. The zero-order chi connectivity index (χ0) is 19.7. The van der Waals surface area contributed by atoms with E-state index >= 15 is 0 Å². The molecule has 0 radical (unpaired) electrons. The zero-order valence-corrected chi connectivity index (χ0v) is 16.4. The van der Waals surface area contributed by atoms with Crippen LogP contribution < -0.4 is 5.32 Å². The van der Waals surface area contributed by atoms with E-state index in [1.54, 1.807) is 30.8 Å². The summed E-state index contributed by atoms with van der Waals surface area (Å²) in [7, 11) is 0. The summed E-state index contributed by atoms with van der Waals surface area (Å²) in [6.07, 6.45) is 3.51. The van der Waals surface area contributed by atoms with E-state index < -0.39 is 6.04 Å². The lowest BCUT2D eigenvalue weighted by atomic mass is 10.0. The number of rotatable bonds is 5. The van der Waals surface area contributed by atoms with Crippen LogP contribution in [0.15, 0.2) is 60.9 Å². The Bertz CT molecular complexity index is 1120. The predicted molar refractivity (Wildman–Crippen MR) is 111 cm³/mol. The third-order valence-electron chi connectivity index (χ3n) is 4.74. The van der Waals surface area contributed by atoms with Crippen LogP contribution in [0.1, 0.15) is 24.2 Å². The molecule has 0 saturated heterocycles. The number of benzene rings is 2. The minimum absolute atomic E-state index is 0.199. The first kappa shape index (κ1) is 18.3. The number of nitrogens with zero attached hydrogens (tertiary/aromatic N) is 4. The number of aryl methyl sites for hydroxylation is 1. The van der Waals surface area contributed by atoms with Crippen molar-refractivity contribution in [3.63, 3.8) is 0 Å². The summed E-state index contributed by atoms with van der Waals surface area (Å²) >= 11 is 6.03. The summed E-state index contributed by atoms with van der Waals surface area (Å²) in [5.74, 6) is 0.307. The molecule has 1 unspecified atom stereocenters. The maximum atomic E-state index is 12.5. The number of carbonyl (C=O) groups excluding carboxylic acids is 1. The first-order valence-corrected chi connectivity index (χ1v) is 9.41. The third kappa shape index (κ3) is 3.64. The molecule has 0 spiro atoms. The molecule has 0 aliphatic heterocycles. The molecule has 2 aromatic carbocycles. The van der Waals surface area contributed by atoms with Gasteiger partial charge in [0.2, 0.25) is 5.91 Å². The van der Waals surface area contributed by atoms with Crippen LogP contribution in [0.2, 0.25) is 5.02 Å². The molecule has 2 aromatic heterocycles. The molecular formula is C21H20ClN5O. The van der Waals surface area contributed by atoms with E-state index in [-0.39, 0.29) is 5.91 Å². The first-order valence-electron chi connectivity index (χ1n) is 9.03. The maximum absolute atomic E-state index is 12.5. The molecule has 0 aliphatic rings. The number of amides is 1. The van der Waals surface area contributed by atoms with E-state index in [1.165, 1.54) is 16.3 Å². The van der Waals surface area contributed by atoms with Crippen molar-refractivity contribution in [1.82, 2.24) is 19.6 Å². The standard InChI is InChI=1S/C21H20ClN5O/c1-14-19(22)13-27(24-14)15(2)21(28)23-20-10-11-26(25-20)12-17-8-5-7-16-6-3-4-9-18(16)17/h3-11,13,15H,12H2,1-2H3,(H,23,25,28). The minimum Gasteiger partial charge on any atom is -0.307 e. The molecule has 28 heavy (non-hydrogen) atoms. The number of hydrogen-bond acceptors (Lipinski definition) is 3. The predicted octanol–water partition coefficient (Wildman–Crippen LogP) is 4.44. The van der Waals surface area contributed by atoms with E-state index in [0.717, 1.165) is 0 Å². The van der Waals surface area contributed by atoms with Crippen LogP contribution in [0.25, 0.3) is 10.8 Å². The number of carbonyl (C=O) groups is 1. The van der Waals surface area contributed by atoms with Crippen molar-refractivity contribution in [2.75, 3.05) is 5.32 Å². The van der Waals surface area contributed by atoms with Gasteiger partial charge in [-0.25, -0.2) is 0 Å². The average molecular weight is 394 g/mol. The van der Waals surface area contributed by atoms with Crippen LogP contribution in [0, 0.1) is 6.92 Å². The number of halogens is 1. The van der Waals surface area contributed by atoms with E-state index in [2.05, 4.69) is 39.8 Å². The SMILES string of the molecule is Cc1nn(C(C)C(=O)Nc2ccn(Cc3cccc4ccccc34)n2)cc1Cl. The summed E-state index contributed by atoms with van der Waals surface area (Å²) in [5.41, 5.74) is 1.87. The lowest BCUT2D eigenvalue weighted by Gasteiger charge is -2.11. The second kappa shape index (κ2) is 7.48. The van der Waals surface area contributed by atoms with Gasteiger partial charge in [-0.15, -0.1) is 0 Å². The molecule has 0 fully saturated rings. The smallest absolute Gasteiger partial charge is 0.250 e. The van der Waals surface area contributed by atoms with E-state index in [4.69, 9.17) is 11.6 Å². The fourth-order valence-corrected chi connectivity index (χ4v) is 3.27. The molecule has 6 nitrogen and oxygen atoms in total. The van der Waals surface area contributed by atoms with Crippen molar-refractivity contribution in [1.29, 1.82) is 0 Å². The lowest BCUT2D eigenvalue weighted by Crippen LogP contribution is -2.24. The highest BCUT2D eigenvalue weighted by Gasteiger charge is 2.18. The van der Waals surface area contributed by atoms with Crippen molar-refractivity contribution >= 4 is 34.1 Å². The molecule has 4 aromatic rings. The molecule has 4 rings (SSSR count). The lowest BCUT2D eigenvalue weighted by molar-refractivity contribution is -0.119. The molecular weight excluding hydrogens is 374 g/mol. The largest absolute Gasteiger partial charge is 0.307 e. The number of anilines is 1. The van der Waals surface area contributed by atoms with Crippen LogP contribution in [0.5, 0.6) is 0 Å². The molecule has 1 N–H and O–H groups in total. The third-order valence-corrected chi connectivity index (χ3v) is 5.11. The van der Waals surface area contributed by atoms with Crippen molar-refractivity contribution in [3.05, 3.63) is 77.2 Å². The normalized spacial score (nSPS) is 12.2. The van der Waals surface area contributed by atoms with Crippen molar-refractivity contribution < 1.29 is 4.79 Å². The van der Waals surface area contributed by atoms with Gasteiger partial charge in [0.1, 0.15) is 6.04 Å². The van der Waals surface area contributed by atoms with Gasteiger partial charge in [-0.05, 0) is 30.2 Å². The van der Waals surface area contributed by atoms with Gasteiger partial charge in [0.25, 0.3) is 0 Å². The Hall–Kier alpha value is -3.12.